The molecule has 21 heavy (non-hydrogen) atoms. The van der Waals surface area contributed by atoms with Gasteiger partial charge >= 0.3 is 5.97 Å². The molecule has 0 aromatic carbocycles. The molecule has 3 saturated carbocycles. The third kappa shape index (κ3) is 2.50. The van der Waals surface area contributed by atoms with Gasteiger partial charge in [0.1, 0.15) is 5.54 Å². The lowest BCUT2D eigenvalue weighted by molar-refractivity contribution is -0.151. The number of rotatable bonds is 4. The molecule has 0 aromatic heterocycles. The van der Waals surface area contributed by atoms with Crippen molar-refractivity contribution in [2.24, 2.45) is 5.92 Å². The van der Waals surface area contributed by atoms with Gasteiger partial charge in [-0.2, -0.15) is 0 Å². The maximum absolute atomic E-state index is 12.5. The highest BCUT2D eigenvalue weighted by Crippen LogP contribution is 2.43. The molecule has 2 bridgehead atoms. The molecule has 4 rings (SSSR count). The Hall–Kier alpha value is -0.610. The summed E-state index contributed by atoms with van der Waals surface area (Å²) in [4.78, 5) is 15.2. The number of carbonyl (C=O) groups is 1. The highest BCUT2D eigenvalue weighted by atomic mass is 16.5. The van der Waals surface area contributed by atoms with Crippen LogP contribution in [-0.2, 0) is 9.53 Å². The minimum Gasteiger partial charge on any atom is -0.468 e. The van der Waals surface area contributed by atoms with Crippen LogP contribution >= 0.6 is 0 Å². The first-order valence-corrected chi connectivity index (χ1v) is 8.82. The van der Waals surface area contributed by atoms with Gasteiger partial charge in [0.15, 0.2) is 0 Å². The molecule has 1 heterocycles. The molecule has 0 spiro atoms. The fraction of sp³-hybridized carbons (Fsp3) is 0.941. The van der Waals surface area contributed by atoms with E-state index in [1.165, 1.54) is 45.1 Å². The fourth-order valence-electron chi connectivity index (χ4n) is 5.13. The van der Waals surface area contributed by atoms with E-state index in [0.717, 1.165) is 31.2 Å². The van der Waals surface area contributed by atoms with E-state index in [4.69, 9.17) is 4.74 Å². The van der Waals surface area contributed by atoms with Crippen molar-refractivity contribution in [1.29, 1.82) is 0 Å². The Morgan fingerprint density at radius 1 is 1.19 bits per heavy atom. The monoisotopic (exact) mass is 292 g/mol. The van der Waals surface area contributed by atoms with Crippen LogP contribution in [0.4, 0.5) is 0 Å². The van der Waals surface area contributed by atoms with Crippen LogP contribution in [0.2, 0.25) is 0 Å². The van der Waals surface area contributed by atoms with Crippen molar-refractivity contribution in [3.8, 4) is 0 Å². The average Bonchev–Trinajstić information content (AvgIpc) is 3.06. The van der Waals surface area contributed by atoms with Crippen molar-refractivity contribution in [2.45, 2.75) is 81.5 Å². The topological polar surface area (TPSA) is 41.6 Å². The van der Waals surface area contributed by atoms with Crippen molar-refractivity contribution in [3.05, 3.63) is 0 Å². The van der Waals surface area contributed by atoms with Gasteiger partial charge in [-0.05, 0) is 63.7 Å². The first kappa shape index (κ1) is 14.0. The molecular weight excluding hydrogens is 264 g/mol. The van der Waals surface area contributed by atoms with Gasteiger partial charge in [-0.25, -0.2) is 0 Å². The lowest BCUT2D eigenvalue weighted by Gasteiger charge is -2.45. The predicted octanol–water partition coefficient (Wildman–Crippen LogP) is 2.08. The van der Waals surface area contributed by atoms with Gasteiger partial charge in [0.2, 0.25) is 0 Å². The summed E-state index contributed by atoms with van der Waals surface area (Å²) in [5.74, 6) is 0.907. The number of esters is 1. The number of fused-ring (bicyclic) bond motifs is 2. The van der Waals surface area contributed by atoms with Crippen LogP contribution in [0.1, 0.15) is 57.8 Å². The highest BCUT2D eigenvalue weighted by Gasteiger charge is 2.50. The Kier molecular flexibility index (Phi) is 3.49. The minimum atomic E-state index is -0.402. The molecule has 0 radical (unpaired) electrons. The maximum Gasteiger partial charge on any atom is 0.326 e. The molecule has 0 aromatic rings. The number of hydrogen-bond acceptors (Lipinski definition) is 4. The number of nitrogens with zero attached hydrogens (tertiary/aromatic N) is 1. The summed E-state index contributed by atoms with van der Waals surface area (Å²) >= 11 is 0. The van der Waals surface area contributed by atoms with Gasteiger partial charge in [0.05, 0.1) is 7.11 Å². The Balaban J connectivity index is 1.50. The Morgan fingerprint density at radius 3 is 2.67 bits per heavy atom. The second kappa shape index (κ2) is 5.24. The molecule has 1 aliphatic heterocycles. The standard InChI is InChI=1S/C17H28N2O2/c1-21-16(20)17(18-13-5-6-13)8-2-3-15(10-17)19-11-12-4-7-14(19)9-12/h12-15,18H,2-11H2,1H3. The van der Waals surface area contributed by atoms with Crippen LogP contribution in [0.25, 0.3) is 0 Å². The molecule has 3 aliphatic carbocycles. The minimum absolute atomic E-state index is 0.0246. The van der Waals surface area contributed by atoms with Gasteiger partial charge in [0.25, 0.3) is 0 Å². The number of ether oxygens (including phenoxy) is 1. The summed E-state index contributed by atoms with van der Waals surface area (Å²) in [5, 5.41) is 3.65. The van der Waals surface area contributed by atoms with Crippen LogP contribution in [0, 0.1) is 5.92 Å². The quantitative estimate of drug-likeness (QED) is 0.806. The first-order valence-electron chi connectivity index (χ1n) is 8.82. The van der Waals surface area contributed by atoms with Crippen LogP contribution in [0.5, 0.6) is 0 Å². The van der Waals surface area contributed by atoms with E-state index in [1.54, 1.807) is 7.11 Å². The molecule has 1 saturated heterocycles. The second-order valence-corrected chi connectivity index (χ2v) is 7.77. The van der Waals surface area contributed by atoms with Crippen molar-refractivity contribution in [2.75, 3.05) is 13.7 Å². The lowest BCUT2D eigenvalue weighted by Crippen LogP contribution is -2.60. The van der Waals surface area contributed by atoms with E-state index >= 15 is 0 Å². The molecule has 0 amide bonds. The van der Waals surface area contributed by atoms with Gasteiger partial charge in [0, 0.05) is 24.7 Å². The van der Waals surface area contributed by atoms with E-state index in [-0.39, 0.29) is 5.97 Å². The van der Waals surface area contributed by atoms with Gasteiger partial charge in [-0.3, -0.25) is 15.0 Å². The molecule has 4 nitrogen and oxygen atoms in total. The molecule has 118 valence electrons. The van der Waals surface area contributed by atoms with Crippen LogP contribution in [0.3, 0.4) is 0 Å². The second-order valence-electron chi connectivity index (χ2n) is 7.77. The number of likely N-dealkylation sites (tertiary alicyclic amines) is 1. The maximum atomic E-state index is 12.5. The summed E-state index contributed by atoms with van der Waals surface area (Å²) in [5.41, 5.74) is -0.402. The summed E-state index contributed by atoms with van der Waals surface area (Å²) in [7, 11) is 1.54. The number of nitrogens with one attached hydrogen (secondary N) is 1. The molecule has 4 fully saturated rings. The summed E-state index contributed by atoms with van der Waals surface area (Å²) in [6.07, 6.45) is 11.0. The van der Waals surface area contributed by atoms with Crippen LogP contribution in [0.15, 0.2) is 0 Å². The smallest absolute Gasteiger partial charge is 0.326 e. The van der Waals surface area contributed by atoms with E-state index in [1.807, 2.05) is 0 Å². The van der Waals surface area contributed by atoms with E-state index in [2.05, 4.69) is 10.2 Å². The predicted molar refractivity (Wildman–Crippen MR) is 81.0 cm³/mol. The molecule has 4 heteroatoms. The molecule has 4 unspecified atom stereocenters. The zero-order valence-electron chi connectivity index (χ0n) is 13.1. The normalized spacial score (nSPS) is 43.2. The largest absolute Gasteiger partial charge is 0.468 e. The first-order chi connectivity index (χ1) is 10.2. The van der Waals surface area contributed by atoms with Crippen molar-refractivity contribution >= 4 is 5.97 Å². The number of methoxy groups -OCH3 is 1. The van der Waals surface area contributed by atoms with Gasteiger partial charge < -0.3 is 4.74 Å². The van der Waals surface area contributed by atoms with Crippen molar-refractivity contribution in [3.63, 3.8) is 0 Å². The van der Waals surface area contributed by atoms with Crippen molar-refractivity contribution < 1.29 is 9.53 Å². The number of hydrogen-bond donors (Lipinski definition) is 1. The molecular formula is C17H28N2O2. The molecule has 1 N–H and O–H groups in total. The Labute approximate surface area is 127 Å². The summed E-state index contributed by atoms with van der Waals surface area (Å²) in [6.45, 7) is 1.27. The SMILES string of the molecule is COC(=O)C1(NC2CC2)CCCC(N2CC3CCC2C3)C1. The zero-order valence-corrected chi connectivity index (χ0v) is 13.1. The highest BCUT2D eigenvalue weighted by molar-refractivity contribution is 5.81. The lowest BCUT2D eigenvalue weighted by atomic mass is 9.77. The van der Waals surface area contributed by atoms with Gasteiger partial charge in [-0.1, -0.05) is 0 Å². The third-order valence-corrected chi connectivity index (χ3v) is 6.28. The molecule has 4 aliphatic rings. The fourth-order valence-corrected chi connectivity index (χ4v) is 5.13. The Bertz CT molecular complexity index is 423. The molecule has 4 atom stereocenters. The van der Waals surface area contributed by atoms with E-state index < -0.39 is 5.54 Å². The number of piperidine rings is 1. The average molecular weight is 292 g/mol. The third-order valence-electron chi connectivity index (χ3n) is 6.28. The number of carbonyl (C=O) groups excluding carboxylic acids is 1. The van der Waals surface area contributed by atoms with E-state index in [9.17, 15) is 4.79 Å². The summed E-state index contributed by atoms with van der Waals surface area (Å²) in [6, 6.07) is 1.94. The van der Waals surface area contributed by atoms with Crippen LogP contribution < -0.4 is 5.32 Å². The van der Waals surface area contributed by atoms with Crippen LogP contribution in [-0.4, -0.2) is 48.2 Å². The van der Waals surface area contributed by atoms with E-state index in [0.29, 0.717) is 12.1 Å². The Morgan fingerprint density at radius 2 is 2.05 bits per heavy atom. The summed E-state index contributed by atoms with van der Waals surface area (Å²) < 4.78 is 5.17. The van der Waals surface area contributed by atoms with Crippen molar-refractivity contribution in [1.82, 2.24) is 10.2 Å². The zero-order chi connectivity index (χ0) is 14.4. The van der Waals surface area contributed by atoms with Gasteiger partial charge in [-0.15, -0.1) is 0 Å².